The zero-order valence-corrected chi connectivity index (χ0v) is 13.0. The molecule has 2 aromatic carbocycles. The number of halogens is 2. The van der Waals surface area contributed by atoms with Gasteiger partial charge in [-0.2, -0.15) is 0 Å². The summed E-state index contributed by atoms with van der Waals surface area (Å²) in [5, 5.41) is 3.40. The summed E-state index contributed by atoms with van der Waals surface area (Å²) in [5.74, 6) is 0. The Labute approximate surface area is 123 Å². The summed E-state index contributed by atoms with van der Waals surface area (Å²) in [4.78, 5) is 0. The minimum atomic E-state index is 0.767. The van der Waals surface area contributed by atoms with Crippen LogP contribution >= 0.6 is 38.5 Å². The number of nitrogens with two attached hydrogens (primary N) is 1. The molecule has 2 rings (SSSR count). The van der Waals surface area contributed by atoms with Gasteiger partial charge in [0.25, 0.3) is 0 Å². The molecule has 0 unspecified atom stereocenters. The number of aryl methyl sites for hydroxylation is 1. The average molecular weight is 403 g/mol. The van der Waals surface area contributed by atoms with Crippen molar-refractivity contribution in [3.8, 4) is 0 Å². The van der Waals surface area contributed by atoms with Crippen molar-refractivity contribution < 1.29 is 0 Å². The fraction of sp³-hybridized carbons (Fsp3) is 0.0769. The fourth-order valence-corrected chi connectivity index (χ4v) is 2.34. The largest absolute Gasteiger partial charge is 0.399 e. The summed E-state index contributed by atoms with van der Waals surface area (Å²) in [7, 11) is 0. The van der Waals surface area contributed by atoms with Gasteiger partial charge in [-0.3, -0.25) is 0 Å². The molecule has 0 aromatic heterocycles. The van der Waals surface area contributed by atoms with Gasteiger partial charge in [0.2, 0.25) is 0 Å². The van der Waals surface area contributed by atoms with E-state index in [0.717, 1.165) is 21.5 Å². The second-order valence-electron chi connectivity index (χ2n) is 3.82. The Bertz CT molecular complexity index is 506. The zero-order chi connectivity index (χ0) is 12.4. The third-order valence-corrected chi connectivity index (χ3v) is 3.89. The summed E-state index contributed by atoms with van der Waals surface area (Å²) in [6.45, 7) is 2.06. The van der Waals surface area contributed by atoms with Crippen molar-refractivity contribution in [2.24, 2.45) is 0 Å². The summed E-state index contributed by atoms with van der Waals surface area (Å²) in [5.41, 5.74) is 9.86. The highest BCUT2D eigenvalue weighted by molar-refractivity contribution is 14.1. The number of hydrogen-bond donors (Lipinski definition) is 2. The van der Waals surface area contributed by atoms with Gasteiger partial charge in [0.05, 0.1) is 5.69 Å². The summed E-state index contributed by atoms with van der Waals surface area (Å²) < 4.78 is 2.23. The van der Waals surface area contributed by atoms with Gasteiger partial charge in [0.15, 0.2) is 0 Å². The molecule has 0 saturated carbocycles. The Morgan fingerprint density at radius 1 is 1.12 bits per heavy atom. The van der Waals surface area contributed by atoms with Crippen molar-refractivity contribution in [2.45, 2.75) is 6.92 Å². The molecular formula is C13H12BrIN2. The molecule has 4 heteroatoms. The van der Waals surface area contributed by atoms with E-state index >= 15 is 0 Å². The highest BCUT2D eigenvalue weighted by atomic mass is 127. The van der Waals surface area contributed by atoms with E-state index in [4.69, 9.17) is 5.73 Å². The molecule has 88 valence electrons. The Balaban J connectivity index is 2.37. The van der Waals surface area contributed by atoms with Crippen LogP contribution in [0.15, 0.2) is 40.9 Å². The molecule has 0 amide bonds. The molecule has 17 heavy (non-hydrogen) atoms. The maximum atomic E-state index is 5.80. The van der Waals surface area contributed by atoms with Gasteiger partial charge in [0.1, 0.15) is 0 Å². The third kappa shape index (κ3) is 3.13. The van der Waals surface area contributed by atoms with E-state index in [1.165, 1.54) is 9.13 Å². The highest BCUT2D eigenvalue weighted by Crippen LogP contribution is 2.28. The summed E-state index contributed by atoms with van der Waals surface area (Å²) in [6.07, 6.45) is 0. The zero-order valence-electron chi connectivity index (χ0n) is 9.30. The van der Waals surface area contributed by atoms with Gasteiger partial charge >= 0.3 is 0 Å². The van der Waals surface area contributed by atoms with Crippen molar-refractivity contribution in [3.05, 3.63) is 50.0 Å². The molecule has 0 atom stereocenters. The highest BCUT2D eigenvalue weighted by Gasteiger charge is 2.03. The Hall–Kier alpha value is -0.750. The van der Waals surface area contributed by atoms with Crippen molar-refractivity contribution >= 4 is 55.6 Å². The van der Waals surface area contributed by atoms with Crippen molar-refractivity contribution in [1.82, 2.24) is 0 Å². The summed E-state index contributed by atoms with van der Waals surface area (Å²) in [6, 6.07) is 12.0. The SMILES string of the molecule is Cc1ccc(N)cc1Nc1cc(Br)ccc1I. The van der Waals surface area contributed by atoms with Gasteiger partial charge in [-0.05, 0) is 65.4 Å². The van der Waals surface area contributed by atoms with Crippen LogP contribution in [-0.4, -0.2) is 0 Å². The topological polar surface area (TPSA) is 38.0 Å². The number of anilines is 3. The van der Waals surface area contributed by atoms with Crippen LogP contribution in [0.3, 0.4) is 0 Å². The molecule has 0 radical (unpaired) electrons. The van der Waals surface area contributed by atoms with Crippen LogP contribution in [-0.2, 0) is 0 Å². The number of nitrogens with one attached hydrogen (secondary N) is 1. The number of benzene rings is 2. The number of nitrogen functional groups attached to an aromatic ring is 1. The van der Waals surface area contributed by atoms with Gasteiger partial charge in [-0.15, -0.1) is 0 Å². The van der Waals surface area contributed by atoms with Gasteiger partial charge < -0.3 is 11.1 Å². The van der Waals surface area contributed by atoms with Crippen LogP contribution < -0.4 is 11.1 Å². The van der Waals surface area contributed by atoms with Crippen LogP contribution in [0.5, 0.6) is 0 Å². The van der Waals surface area contributed by atoms with Gasteiger partial charge in [-0.1, -0.05) is 22.0 Å². The molecule has 3 N–H and O–H groups in total. The number of hydrogen-bond acceptors (Lipinski definition) is 2. The van der Waals surface area contributed by atoms with E-state index in [2.05, 4.69) is 62.9 Å². The lowest BCUT2D eigenvalue weighted by atomic mass is 10.1. The quantitative estimate of drug-likeness (QED) is 0.565. The third-order valence-electron chi connectivity index (χ3n) is 2.46. The molecule has 0 aliphatic rings. The van der Waals surface area contributed by atoms with Crippen LogP contribution in [0.25, 0.3) is 0 Å². The van der Waals surface area contributed by atoms with Crippen molar-refractivity contribution in [2.75, 3.05) is 11.1 Å². The first-order chi connectivity index (χ1) is 8.06. The Morgan fingerprint density at radius 2 is 1.88 bits per heavy atom. The minimum absolute atomic E-state index is 0.767. The molecular weight excluding hydrogens is 391 g/mol. The van der Waals surface area contributed by atoms with E-state index in [9.17, 15) is 0 Å². The normalized spacial score (nSPS) is 10.3. The van der Waals surface area contributed by atoms with Gasteiger partial charge in [-0.25, -0.2) is 0 Å². The molecule has 0 spiro atoms. The first-order valence-corrected chi connectivity index (χ1v) is 7.01. The maximum absolute atomic E-state index is 5.80. The van der Waals surface area contributed by atoms with Crippen LogP contribution in [0.4, 0.5) is 17.1 Å². The molecule has 0 aliphatic heterocycles. The summed E-state index contributed by atoms with van der Waals surface area (Å²) >= 11 is 5.78. The van der Waals surface area contributed by atoms with Crippen LogP contribution in [0, 0.1) is 10.5 Å². The Kier molecular flexibility index (Phi) is 3.93. The first kappa shape index (κ1) is 12.7. The van der Waals surface area contributed by atoms with Crippen molar-refractivity contribution in [1.29, 1.82) is 0 Å². The van der Waals surface area contributed by atoms with E-state index in [1.54, 1.807) is 0 Å². The molecule has 2 aromatic rings. The molecule has 0 aliphatic carbocycles. The standard InChI is InChI=1S/C13H12BrIN2/c1-8-2-4-10(16)7-12(8)17-13-6-9(14)3-5-11(13)15/h2-7,17H,16H2,1H3. The maximum Gasteiger partial charge on any atom is 0.0531 e. The molecule has 2 nitrogen and oxygen atoms in total. The number of rotatable bonds is 2. The molecule has 0 fully saturated rings. The lowest BCUT2D eigenvalue weighted by molar-refractivity contribution is 1.42. The van der Waals surface area contributed by atoms with Gasteiger partial charge in [0, 0.05) is 19.4 Å². The molecule has 0 bridgehead atoms. The fourth-order valence-electron chi connectivity index (χ4n) is 1.51. The van der Waals surface area contributed by atoms with Crippen molar-refractivity contribution in [3.63, 3.8) is 0 Å². The second-order valence-corrected chi connectivity index (χ2v) is 5.90. The van der Waals surface area contributed by atoms with Crippen LogP contribution in [0.2, 0.25) is 0 Å². The van der Waals surface area contributed by atoms with E-state index in [1.807, 2.05) is 24.3 Å². The van der Waals surface area contributed by atoms with E-state index < -0.39 is 0 Å². The van der Waals surface area contributed by atoms with E-state index in [-0.39, 0.29) is 0 Å². The minimum Gasteiger partial charge on any atom is -0.399 e. The molecule has 0 saturated heterocycles. The van der Waals surface area contributed by atoms with E-state index in [0.29, 0.717) is 0 Å². The lowest BCUT2D eigenvalue weighted by Crippen LogP contribution is -1.97. The predicted octanol–water partition coefficient (Wildman–Crippen LogP) is 4.69. The van der Waals surface area contributed by atoms with Crippen LogP contribution in [0.1, 0.15) is 5.56 Å². The second kappa shape index (κ2) is 5.27. The average Bonchev–Trinajstić information content (AvgIpc) is 2.28. The lowest BCUT2D eigenvalue weighted by Gasteiger charge is -2.12. The molecule has 0 heterocycles. The predicted molar refractivity (Wildman–Crippen MR) is 85.7 cm³/mol. The monoisotopic (exact) mass is 402 g/mol. The smallest absolute Gasteiger partial charge is 0.0531 e. The Morgan fingerprint density at radius 3 is 2.65 bits per heavy atom. The first-order valence-electron chi connectivity index (χ1n) is 5.14.